The SMILES string of the molecule is CC(CCCCCCCCC1c2ccc(O)cc2OCC1(C)c1ccc(O)cc1)CCCC(F)(F)C(F)(F)F. The van der Waals surface area contributed by atoms with E-state index in [-0.39, 0.29) is 35.2 Å². The molecule has 1 aliphatic rings. The van der Waals surface area contributed by atoms with Crippen LogP contribution in [0.3, 0.4) is 0 Å². The first-order valence-electron chi connectivity index (χ1n) is 14.0. The number of phenols is 2. The Balaban J connectivity index is 1.41. The van der Waals surface area contributed by atoms with Crippen LogP contribution in [-0.4, -0.2) is 28.9 Å². The van der Waals surface area contributed by atoms with Gasteiger partial charge in [0.2, 0.25) is 0 Å². The maximum Gasteiger partial charge on any atom is 0.453 e. The molecule has 0 saturated heterocycles. The highest BCUT2D eigenvalue weighted by atomic mass is 19.4. The zero-order valence-electron chi connectivity index (χ0n) is 22.9. The Hall–Kier alpha value is -2.51. The van der Waals surface area contributed by atoms with Crippen molar-refractivity contribution < 1.29 is 36.9 Å². The molecule has 0 aliphatic carbocycles. The second-order valence-corrected chi connectivity index (χ2v) is 11.4. The molecule has 3 nitrogen and oxygen atoms in total. The highest BCUT2D eigenvalue weighted by molar-refractivity contribution is 5.48. The number of hydrogen-bond acceptors (Lipinski definition) is 3. The van der Waals surface area contributed by atoms with E-state index in [1.54, 1.807) is 24.3 Å². The molecule has 2 aromatic rings. The summed E-state index contributed by atoms with van der Waals surface area (Å²) in [5.74, 6) is -3.15. The summed E-state index contributed by atoms with van der Waals surface area (Å²) in [7, 11) is 0. The van der Waals surface area contributed by atoms with Crippen LogP contribution in [0.15, 0.2) is 42.5 Å². The topological polar surface area (TPSA) is 49.7 Å². The van der Waals surface area contributed by atoms with E-state index in [0.717, 1.165) is 62.5 Å². The highest BCUT2D eigenvalue weighted by Gasteiger charge is 2.56. The molecule has 0 aromatic heterocycles. The standard InChI is InChI=1S/C31H41F5O3/c1-22(11-9-19-30(32,33)31(34,35)36)10-7-5-3-4-6-8-12-27-26-18-17-25(38)20-28(26)39-21-29(27,2)23-13-15-24(37)16-14-23/h13-18,20,22,27,37-38H,3-12,19,21H2,1-2H3. The van der Waals surface area contributed by atoms with Crippen molar-refractivity contribution in [2.24, 2.45) is 5.92 Å². The molecule has 3 rings (SSSR count). The summed E-state index contributed by atoms with van der Waals surface area (Å²) in [6.07, 6.45) is 1.68. The van der Waals surface area contributed by atoms with E-state index in [1.807, 2.05) is 25.1 Å². The average molecular weight is 557 g/mol. The Morgan fingerprint density at radius 1 is 0.846 bits per heavy atom. The normalized spacial score (nSPS) is 20.3. The van der Waals surface area contributed by atoms with Crippen LogP contribution in [0.2, 0.25) is 0 Å². The van der Waals surface area contributed by atoms with Crippen LogP contribution < -0.4 is 4.74 Å². The zero-order chi connectivity index (χ0) is 28.7. The van der Waals surface area contributed by atoms with E-state index in [0.29, 0.717) is 18.8 Å². The summed E-state index contributed by atoms with van der Waals surface area (Å²) < 4.78 is 69.0. The number of hydrogen-bond donors (Lipinski definition) is 2. The van der Waals surface area contributed by atoms with Gasteiger partial charge < -0.3 is 14.9 Å². The molecule has 0 spiro atoms. The maximum absolute atomic E-state index is 13.0. The van der Waals surface area contributed by atoms with Gasteiger partial charge >= 0.3 is 12.1 Å². The van der Waals surface area contributed by atoms with Gasteiger partial charge in [0.1, 0.15) is 17.2 Å². The molecule has 39 heavy (non-hydrogen) atoms. The number of alkyl halides is 5. The number of ether oxygens (including phenoxy) is 1. The lowest BCUT2D eigenvalue weighted by atomic mass is 9.66. The Morgan fingerprint density at radius 3 is 2.10 bits per heavy atom. The first kappa shape index (κ1) is 31.0. The predicted molar refractivity (Wildman–Crippen MR) is 143 cm³/mol. The lowest BCUT2D eigenvalue weighted by molar-refractivity contribution is -0.284. The summed E-state index contributed by atoms with van der Waals surface area (Å²) in [4.78, 5) is 0. The van der Waals surface area contributed by atoms with Crippen LogP contribution in [0.25, 0.3) is 0 Å². The Bertz CT molecular complexity index is 1040. The van der Waals surface area contributed by atoms with Crippen molar-refractivity contribution in [1.82, 2.24) is 0 Å². The van der Waals surface area contributed by atoms with Gasteiger partial charge in [-0.25, -0.2) is 0 Å². The summed E-state index contributed by atoms with van der Waals surface area (Å²) in [5.41, 5.74) is 1.90. The van der Waals surface area contributed by atoms with Crippen molar-refractivity contribution in [1.29, 1.82) is 0 Å². The average Bonchev–Trinajstić information content (AvgIpc) is 2.86. The van der Waals surface area contributed by atoms with E-state index >= 15 is 0 Å². The molecule has 2 aromatic carbocycles. The van der Waals surface area contributed by atoms with Gasteiger partial charge in [-0.05, 0) is 48.1 Å². The van der Waals surface area contributed by atoms with Crippen LogP contribution in [0.5, 0.6) is 17.2 Å². The third kappa shape index (κ3) is 8.24. The molecule has 2 N–H and O–H groups in total. The number of unbranched alkanes of at least 4 members (excludes halogenated alkanes) is 5. The molecular weight excluding hydrogens is 515 g/mol. The van der Waals surface area contributed by atoms with Crippen LogP contribution in [-0.2, 0) is 5.41 Å². The fourth-order valence-corrected chi connectivity index (χ4v) is 5.72. The van der Waals surface area contributed by atoms with E-state index < -0.39 is 18.5 Å². The van der Waals surface area contributed by atoms with Gasteiger partial charge in [-0.1, -0.05) is 83.4 Å². The fraction of sp³-hybridized carbons (Fsp3) is 0.613. The van der Waals surface area contributed by atoms with Gasteiger partial charge in [0.25, 0.3) is 0 Å². The number of halogens is 5. The third-order valence-electron chi connectivity index (χ3n) is 8.24. The van der Waals surface area contributed by atoms with Crippen LogP contribution in [0.4, 0.5) is 22.0 Å². The Labute approximate surface area is 228 Å². The van der Waals surface area contributed by atoms with E-state index in [2.05, 4.69) is 6.92 Å². The summed E-state index contributed by atoms with van der Waals surface area (Å²) in [6, 6.07) is 12.6. The molecule has 1 heterocycles. The van der Waals surface area contributed by atoms with Gasteiger partial charge in [0, 0.05) is 23.8 Å². The fourth-order valence-electron chi connectivity index (χ4n) is 5.72. The minimum absolute atomic E-state index is 0.119. The van der Waals surface area contributed by atoms with Gasteiger partial charge in [0.05, 0.1) is 6.61 Å². The summed E-state index contributed by atoms with van der Waals surface area (Å²) in [5, 5.41) is 19.7. The maximum atomic E-state index is 13.0. The molecule has 1 aliphatic heterocycles. The second kappa shape index (κ2) is 13.2. The number of rotatable bonds is 14. The number of fused-ring (bicyclic) bond motifs is 1. The zero-order valence-corrected chi connectivity index (χ0v) is 22.9. The lowest BCUT2D eigenvalue weighted by Crippen LogP contribution is -2.40. The Morgan fingerprint density at radius 2 is 1.44 bits per heavy atom. The first-order valence-corrected chi connectivity index (χ1v) is 14.0. The Kier molecular flexibility index (Phi) is 10.5. The van der Waals surface area contributed by atoms with Crippen molar-refractivity contribution in [2.75, 3.05) is 6.61 Å². The number of phenolic OH excluding ortho intramolecular Hbond substituents is 2. The summed E-state index contributed by atoms with van der Waals surface area (Å²) >= 11 is 0. The predicted octanol–water partition coefficient (Wildman–Crippen LogP) is 9.66. The molecule has 218 valence electrons. The van der Waals surface area contributed by atoms with Crippen molar-refractivity contribution in [3.63, 3.8) is 0 Å². The van der Waals surface area contributed by atoms with Crippen molar-refractivity contribution in [3.05, 3.63) is 53.6 Å². The largest absolute Gasteiger partial charge is 0.508 e. The molecule has 0 amide bonds. The van der Waals surface area contributed by atoms with E-state index in [4.69, 9.17) is 4.74 Å². The number of benzene rings is 2. The first-order chi connectivity index (χ1) is 18.3. The summed E-state index contributed by atoms with van der Waals surface area (Å²) in [6.45, 7) is 4.58. The van der Waals surface area contributed by atoms with Crippen LogP contribution in [0, 0.1) is 5.92 Å². The monoisotopic (exact) mass is 556 g/mol. The molecule has 8 heteroatoms. The minimum Gasteiger partial charge on any atom is -0.508 e. The van der Waals surface area contributed by atoms with E-state index in [1.165, 1.54) is 0 Å². The minimum atomic E-state index is -5.46. The van der Waals surface area contributed by atoms with Gasteiger partial charge in [-0.15, -0.1) is 0 Å². The van der Waals surface area contributed by atoms with Crippen molar-refractivity contribution in [2.45, 2.75) is 108 Å². The van der Waals surface area contributed by atoms with Crippen molar-refractivity contribution >= 4 is 0 Å². The molecule has 3 unspecified atom stereocenters. The third-order valence-corrected chi connectivity index (χ3v) is 8.24. The second-order valence-electron chi connectivity index (χ2n) is 11.4. The molecular formula is C31H41F5O3. The number of aromatic hydroxyl groups is 2. The van der Waals surface area contributed by atoms with Crippen LogP contribution in [0.1, 0.15) is 102 Å². The van der Waals surface area contributed by atoms with Gasteiger partial charge in [-0.3, -0.25) is 0 Å². The highest BCUT2D eigenvalue weighted by Crippen LogP contribution is 2.50. The smallest absolute Gasteiger partial charge is 0.453 e. The molecule has 0 fully saturated rings. The molecule has 3 atom stereocenters. The molecule has 0 bridgehead atoms. The van der Waals surface area contributed by atoms with Crippen LogP contribution >= 0.6 is 0 Å². The lowest BCUT2D eigenvalue weighted by Gasteiger charge is -2.43. The van der Waals surface area contributed by atoms with Gasteiger partial charge in [0.15, 0.2) is 0 Å². The van der Waals surface area contributed by atoms with E-state index in [9.17, 15) is 32.2 Å². The van der Waals surface area contributed by atoms with Crippen molar-refractivity contribution in [3.8, 4) is 17.2 Å². The molecule has 0 saturated carbocycles. The van der Waals surface area contributed by atoms with Gasteiger partial charge in [-0.2, -0.15) is 22.0 Å². The quantitative estimate of drug-likeness (QED) is 0.180. The molecule has 0 radical (unpaired) electrons.